The summed E-state index contributed by atoms with van der Waals surface area (Å²) in [5.41, 5.74) is 1.32. The molecule has 0 bridgehead atoms. The maximum atomic E-state index is 4.42. The second kappa shape index (κ2) is 5.24. The Morgan fingerprint density at radius 1 is 1.07 bits per heavy atom. The third-order valence-corrected chi connectivity index (χ3v) is 2.45. The van der Waals surface area contributed by atoms with Gasteiger partial charge in [-0.15, -0.1) is 0 Å². The van der Waals surface area contributed by atoms with Crippen molar-refractivity contribution in [3.63, 3.8) is 0 Å². The van der Waals surface area contributed by atoms with Crippen LogP contribution in [0.1, 0.15) is 58.3 Å². The van der Waals surface area contributed by atoms with Crippen LogP contribution in [-0.2, 0) is 11.8 Å². The van der Waals surface area contributed by atoms with Gasteiger partial charge in [0, 0.05) is 17.8 Å². The monoisotopic (exact) mass is 206 g/mol. The molecule has 0 saturated carbocycles. The van der Waals surface area contributed by atoms with Crippen LogP contribution >= 0.6 is 0 Å². The van der Waals surface area contributed by atoms with Crippen LogP contribution in [0.15, 0.2) is 12.4 Å². The summed E-state index contributed by atoms with van der Waals surface area (Å²) in [5, 5.41) is 0. The number of hydrogen-bond acceptors (Lipinski definition) is 2. The topological polar surface area (TPSA) is 25.8 Å². The Bertz CT molecular complexity index is 282. The predicted molar refractivity (Wildman–Crippen MR) is 64.0 cm³/mol. The average Bonchev–Trinajstić information content (AvgIpc) is 2.18. The standard InChI is InChI=1S/C13H22N2/c1-5-6-7-8-11-9-14-12(15-10-11)13(2,3)4/h9-10H,5-8H2,1-4H3. The van der Waals surface area contributed by atoms with Gasteiger partial charge in [-0.05, 0) is 18.4 Å². The zero-order valence-corrected chi connectivity index (χ0v) is 10.4. The smallest absolute Gasteiger partial charge is 0.133 e. The summed E-state index contributed by atoms with van der Waals surface area (Å²) >= 11 is 0. The zero-order valence-electron chi connectivity index (χ0n) is 10.4. The zero-order chi connectivity index (χ0) is 11.3. The van der Waals surface area contributed by atoms with Gasteiger partial charge in [-0.25, -0.2) is 9.97 Å². The molecule has 0 fully saturated rings. The van der Waals surface area contributed by atoms with Crippen LogP contribution < -0.4 is 0 Å². The number of unbranched alkanes of at least 4 members (excludes halogenated alkanes) is 2. The molecule has 0 N–H and O–H groups in total. The molecule has 0 aliphatic heterocycles. The van der Waals surface area contributed by atoms with Crippen LogP contribution in [0.25, 0.3) is 0 Å². The summed E-state index contributed by atoms with van der Waals surface area (Å²) in [7, 11) is 0. The highest BCUT2D eigenvalue weighted by Crippen LogP contribution is 2.17. The molecule has 0 aliphatic rings. The second-order valence-electron chi connectivity index (χ2n) is 5.12. The Balaban J connectivity index is 2.57. The lowest BCUT2D eigenvalue weighted by Crippen LogP contribution is -2.15. The van der Waals surface area contributed by atoms with E-state index in [0.29, 0.717) is 0 Å². The summed E-state index contributed by atoms with van der Waals surface area (Å²) in [6.07, 6.45) is 8.86. The highest BCUT2D eigenvalue weighted by molar-refractivity contribution is 5.09. The molecule has 0 aliphatic carbocycles. The molecule has 1 aromatic rings. The van der Waals surface area contributed by atoms with Crippen LogP contribution in [0.5, 0.6) is 0 Å². The summed E-state index contributed by atoms with van der Waals surface area (Å²) in [6, 6.07) is 0. The molecule has 15 heavy (non-hydrogen) atoms. The second-order valence-corrected chi connectivity index (χ2v) is 5.12. The van der Waals surface area contributed by atoms with Crippen molar-refractivity contribution in [2.24, 2.45) is 0 Å². The fourth-order valence-corrected chi connectivity index (χ4v) is 1.45. The van der Waals surface area contributed by atoms with E-state index >= 15 is 0 Å². The number of aryl methyl sites for hydroxylation is 1. The Hall–Kier alpha value is -0.920. The highest BCUT2D eigenvalue weighted by atomic mass is 14.9. The first kappa shape index (κ1) is 12.2. The van der Waals surface area contributed by atoms with E-state index in [1.165, 1.54) is 24.8 Å². The molecule has 2 heteroatoms. The van der Waals surface area contributed by atoms with Crippen molar-refractivity contribution in [2.75, 3.05) is 0 Å². The maximum Gasteiger partial charge on any atom is 0.133 e. The maximum absolute atomic E-state index is 4.42. The van der Waals surface area contributed by atoms with Crippen molar-refractivity contribution in [1.82, 2.24) is 9.97 Å². The normalized spacial score (nSPS) is 11.7. The van der Waals surface area contributed by atoms with Gasteiger partial charge in [-0.1, -0.05) is 40.5 Å². The number of aromatic nitrogens is 2. The minimum Gasteiger partial charge on any atom is -0.241 e. The lowest BCUT2D eigenvalue weighted by molar-refractivity contribution is 0.543. The van der Waals surface area contributed by atoms with Crippen molar-refractivity contribution >= 4 is 0 Å². The molecule has 0 saturated heterocycles. The summed E-state index contributed by atoms with van der Waals surface area (Å²) < 4.78 is 0. The number of rotatable bonds is 4. The van der Waals surface area contributed by atoms with E-state index in [0.717, 1.165) is 12.2 Å². The molecular formula is C13H22N2. The molecule has 0 radical (unpaired) electrons. The Morgan fingerprint density at radius 2 is 1.67 bits per heavy atom. The quantitative estimate of drug-likeness (QED) is 0.704. The van der Waals surface area contributed by atoms with Crippen molar-refractivity contribution in [1.29, 1.82) is 0 Å². The molecule has 1 rings (SSSR count). The molecule has 84 valence electrons. The molecule has 0 amide bonds. The largest absolute Gasteiger partial charge is 0.241 e. The minimum absolute atomic E-state index is 0.0575. The van der Waals surface area contributed by atoms with E-state index in [-0.39, 0.29) is 5.41 Å². The first-order valence-electron chi connectivity index (χ1n) is 5.85. The van der Waals surface area contributed by atoms with Crippen LogP contribution in [0, 0.1) is 0 Å². The van der Waals surface area contributed by atoms with Gasteiger partial charge >= 0.3 is 0 Å². The predicted octanol–water partition coefficient (Wildman–Crippen LogP) is 3.51. The Morgan fingerprint density at radius 3 is 2.13 bits per heavy atom. The Labute approximate surface area is 93.2 Å². The van der Waals surface area contributed by atoms with E-state index in [4.69, 9.17) is 0 Å². The van der Waals surface area contributed by atoms with Crippen molar-refractivity contribution < 1.29 is 0 Å². The number of nitrogens with zero attached hydrogens (tertiary/aromatic N) is 2. The fraction of sp³-hybridized carbons (Fsp3) is 0.692. The van der Waals surface area contributed by atoms with Gasteiger partial charge in [0.15, 0.2) is 0 Å². The van der Waals surface area contributed by atoms with Gasteiger partial charge in [0.2, 0.25) is 0 Å². The SMILES string of the molecule is CCCCCc1cnc(C(C)(C)C)nc1. The van der Waals surface area contributed by atoms with E-state index < -0.39 is 0 Å². The van der Waals surface area contributed by atoms with Gasteiger partial charge < -0.3 is 0 Å². The summed E-state index contributed by atoms with van der Waals surface area (Å²) in [5.74, 6) is 0.932. The minimum atomic E-state index is 0.0575. The molecule has 0 unspecified atom stereocenters. The third-order valence-electron chi connectivity index (χ3n) is 2.45. The van der Waals surface area contributed by atoms with Crippen molar-refractivity contribution in [3.8, 4) is 0 Å². The molecule has 1 aromatic heterocycles. The molecule has 0 spiro atoms. The van der Waals surface area contributed by atoms with Crippen molar-refractivity contribution in [2.45, 2.75) is 58.8 Å². The van der Waals surface area contributed by atoms with Gasteiger partial charge in [0.05, 0.1) is 0 Å². The van der Waals surface area contributed by atoms with Gasteiger partial charge in [0.25, 0.3) is 0 Å². The molecule has 1 heterocycles. The average molecular weight is 206 g/mol. The summed E-state index contributed by atoms with van der Waals surface area (Å²) in [6.45, 7) is 8.64. The Kier molecular flexibility index (Phi) is 4.25. The number of hydrogen-bond donors (Lipinski definition) is 0. The first-order valence-corrected chi connectivity index (χ1v) is 5.85. The van der Waals surface area contributed by atoms with Crippen LogP contribution in [0.3, 0.4) is 0 Å². The van der Waals surface area contributed by atoms with Gasteiger partial charge in [0.1, 0.15) is 5.82 Å². The lowest BCUT2D eigenvalue weighted by atomic mass is 9.95. The fourth-order valence-electron chi connectivity index (χ4n) is 1.45. The van der Waals surface area contributed by atoms with E-state index in [1.54, 1.807) is 0 Å². The van der Waals surface area contributed by atoms with E-state index in [1.807, 2.05) is 12.4 Å². The highest BCUT2D eigenvalue weighted by Gasteiger charge is 2.16. The molecule has 0 atom stereocenters. The summed E-state index contributed by atoms with van der Waals surface area (Å²) in [4.78, 5) is 8.84. The van der Waals surface area contributed by atoms with Gasteiger partial charge in [-0.2, -0.15) is 0 Å². The molecular weight excluding hydrogens is 184 g/mol. The van der Waals surface area contributed by atoms with Crippen LogP contribution in [-0.4, -0.2) is 9.97 Å². The first-order chi connectivity index (χ1) is 7.04. The van der Waals surface area contributed by atoms with Crippen LogP contribution in [0.2, 0.25) is 0 Å². The third kappa shape index (κ3) is 3.98. The lowest BCUT2D eigenvalue weighted by Gasteiger charge is -2.15. The van der Waals surface area contributed by atoms with Crippen LogP contribution in [0.4, 0.5) is 0 Å². The molecule has 2 nitrogen and oxygen atoms in total. The van der Waals surface area contributed by atoms with E-state index in [2.05, 4.69) is 37.7 Å². The molecule has 0 aromatic carbocycles. The van der Waals surface area contributed by atoms with E-state index in [9.17, 15) is 0 Å². The van der Waals surface area contributed by atoms with Gasteiger partial charge in [-0.3, -0.25) is 0 Å². The van der Waals surface area contributed by atoms with Crippen molar-refractivity contribution in [3.05, 3.63) is 23.8 Å².